The molecule has 0 aliphatic heterocycles. The van der Waals surface area contributed by atoms with Crippen molar-refractivity contribution in [1.29, 1.82) is 0 Å². The molecule has 1 nitrogen and oxygen atoms in total. The van der Waals surface area contributed by atoms with Gasteiger partial charge < -0.3 is 5.73 Å². The molecule has 1 unspecified atom stereocenters. The van der Waals surface area contributed by atoms with Gasteiger partial charge in [0.15, 0.2) is 0 Å². The first-order valence-corrected chi connectivity index (χ1v) is 6.60. The summed E-state index contributed by atoms with van der Waals surface area (Å²) in [7, 11) is 0. The maximum atomic E-state index is 5.86. The Morgan fingerprint density at radius 1 is 1.47 bits per heavy atom. The van der Waals surface area contributed by atoms with E-state index in [4.69, 9.17) is 5.73 Å². The van der Waals surface area contributed by atoms with Gasteiger partial charge in [0.25, 0.3) is 0 Å². The summed E-state index contributed by atoms with van der Waals surface area (Å²) in [5.41, 5.74) is 10.2. The second-order valence-corrected chi connectivity index (χ2v) is 6.35. The first-order valence-electron chi connectivity index (χ1n) is 6.60. The minimum atomic E-state index is 0.294. The molecule has 0 bridgehead atoms. The van der Waals surface area contributed by atoms with Crippen LogP contribution >= 0.6 is 0 Å². The zero-order valence-electron chi connectivity index (χ0n) is 11.8. The van der Waals surface area contributed by atoms with E-state index in [0.717, 1.165) is 19.4 Å². The van der Waals surface area contributed by atoms with Crippen LogP contribution in [-0.2, 0) is 0 Å². The first-order chi connectivity index (χ1) is 7.85. The van der Waals surface area contributed by atoms with Gasteiger partial charge in [-0.25, -0.2) is 0 Å². The van der Waals surface area contributed by atoms with E-state index in [-0.39, 0.29) is 0 Å². The van der Waals surface area contributed by atoms with Crippen molar-refractivity contribution in [3.63, 3.8) is 0 Å². The van der Waals surface area contributed by atoms with Crippen LogP contribution in [0.3, 0.4) is 0 Å². The summed E-state index contributed by atoms with van der Waals surface area (Å²) in [6, 6.07) is 0. The van der Waals surface area contributed by atoms with Crippen LogP contribution in [0, 0.1) is 11.3 Å². The number of hydrogen-bond donors (Lipinski definition) is 1. The maximum absolute atomic E-state index is 5.86. The lowest BCUT2D eigenvalue weighted by Crippen LogP contribution is -2.16. The Hall–Kier alpha value is -0.820. The molecule has 1 aliphatic rings. The molecular weight excluding hydrogens is 206 g/mol. The van der Waals surface area contributed by atoms with Crippen molar-refractivity contribution >= 4 is 0 Å². The van der Waals surface area contributed by atoms with Gasteiger partial charge in [0.05, 0.1) is 0 Å². The van der Waals surface area contributed by atoms with Crippen molar-refractivity contribution in [1.82, 2.24) is 0 Å². The lowest BCUT2D eigenvalue weighted by atomic mass is 9.83. The van der Waals surface area contributed by atoms with Crippen LogP contribution in [0.4, 0.5) is 0 Å². The predicted molar refractivity (Wildman–Crippen MR) is 76.8 cm³/mol. The molecule has 1 heteroatoms. The Kier molecular flexibility index (Phi) is 4.76. The van der Waals surface area contributed by atoms with E-state index < -0.39 is 0 Å². The molecule has 0 amide bonds. The van der Waals surface area contributed by atoms with E-state index in [1.807, 2.05) is 0 Å². The standard InChI is InChI=1S/C16H27N/c1-12(10-16(3,4)5)15-9-7-6-8-14(11-17)13(15)2/h7,9,14H,1,6,8,10-11,17H2,2-5H3. The minimum absolute atomic E-state index is 0.294. The van der Waals surface area contributed by atoms with Crippen molar-refractivity contribution in [3.05, 3.63) is 35.5 Å². The van der Waals surface area contributed by atoms with Crippen molar-refractivity contribution in [3.8, 4) is 0 Å². The summed E-state index contributed by atoms with van der Waals surface area (Å²) in [5.74, 6) is 0.525. The molecule has 0 spiro atoms. The second-order valence-electron chi connectivity index (χ2n) is 6.35. The van der Waals surface area contributed by atoms with E-state index in [9.17, 15) is 0 Å². The van der Waals surface area contributed by atoms with Crippen molar-refractivity contribution in [2.24, 2.45) is 17.1 Å². The van der Waals surface area contributed by atoms with Gasteiger partial charge in [-0.1, -0.05) is 45.1 Å². The Balaban J connectivity index is 2.95. The van der Waals surface area contributed by atoms with Crippen LogP contribution in [-0.4, -0.2) is 6.54 Å². The van der Waals surface area contributed by atoms with Gasteiger partial charge in [-0.3, -0.25) is 0 Å². The van der Waals surface area contributed by atoms with Gasteiger partial charge in [-0.05, 0) is 55.2 Å². The average molecular weight is 233 g/mol. The molecule has 0 saturated heterocycles. The largest absolute Gasteiger partial charge is 0.330 e. The van der Waals surface area contributed by atoms with Crippen LogP contribution in [0.1, 0.15) is 47.0 Å². The molecule has 2 N–H and O–H groups in total. The lowest BCUT2D eigenvalue weighted by molar-refractivity contribution is 0.412. The highest BCUT2D eigenvalue weighted by Crippen LogP contribution is 2.33. The summed E-state index contributed by atoms with van der Waals surface area (Å²) < 4.78 is 0. The highest BCUT2D eigenvalue weighted by Gasteiger charge is 2.19. The number of nitrogens with two attached hydrogens (primary N) is 1. The summed E-state index contributed by atoms with van der Waals surface area (Å²) in [6.45, 7) is 14.0. The number of allylic oxidation sites excluding steroid dienone is 4. The lowest BCUT2D eigenvalue weighted by Gasteiger charge is -2.23. The Morgan fingerprint density at radius 2 is 2.12 bits per heavy atom. The number of rotatable bonds is 3. The third-order valence-corrected chi connectivity index (χ3v) is 3.41. The van der Waals surface area contributed by atoms with Gasteiger partial charge in [0.1, 0.15) is 0 Å². The van der Waals surface area contributed by atoms with Crippen molar-refractivity contribution < 1.29 is 0 Å². The Labute approximate surface area is 106 Å². The van der Waals surface area contributed by atoms with Crippen molar-refractivity contribution in [2.75, 3.05) is 6.54 Å². The first kappa shape index (κ1) is 14.2. The van der Waals surface area contributed by atoms with Crippen LogP contribution in [0.25, 0.3) is 0 Å². The molecule has 17 heavy (non-hydrogen) atoms. The monoisotopic (exact) mass is 233 g/mol. The zero-order chi connectivity index (χ0) is 13.1. The van der Waals surface area contributed by atoms with Crippen molar-refractivity contribution in [2.45, 2.75) is 47.0 Å². The second kappa shape index (κ2) is 5.68. The summed E-state index contributed by atoms with van der Waals surface area (Å²) in [6.07, 6.45) is 7.86. The predicted octanol–water partition coefficient (Wildman–Crippen LogP) is 4.22. The highest BCUT2D eigenvalue weighted by molar-refractivity contribution is 5.43. The topological polar surface area (TPSA) is 26.0 Å². The molecule has 0 fully saturated rings. The van der Waals surface area contributed by atoms with Gasteiger partial charge >= 0.3 is 0 Å². The quantitative estimate of drug-likeness (QED) is 0.776. The normalized spacial score (nSPS) is 21.6. The zero-order valence-corrected chi connectivity index (χ0v) is 11.8. The molecule has 1 rings (SSSR count). The molecule has 96 valence electrons. The molecule has 1 aliphatic carbocycles. The maximum Gasteiger partial charge on any atom is -0.00112 e. The molecule has 0 aromatic rings. The summed E-state index contributed by atoms with van der Waals surface area (Å²) in [5, 5.41) is 0. The molecule has 0 saturated carbocycles. The van der Waals surface area contributed by atoms with Gasteiger partial charge in [-0.15, -0.1) is 0 Å². The minimum Gasteiger partial charge on any atom is -0.330 e. The van der Waals surface area contributed by atoms with E-state index >= 15 is 0 Å². The van der Waals surface area contributed by atoms with Gasteiger partial charge in [0, 0.05) is 0 Å². The fourth-order valence-electron chi connectivity index (χ4n) is 2.49. The third kappa shape index (κ3) is 4.16. The molecule has 0 aromatic heterocycles. The summed E-state index contributed by atoms with van der Waals surface area (Å²) in [4.78, 5) is 0. The van der Waals surface area contributed by atoms with E-state index in [2.05, 4.69) is 46.4 Å². The third-order valence-electron chi connectivity index (χ3n) is 3.41. The smallest absolute Gasteiger partial charge is 0.00112 e. The van der Waals surface area contributed by atoms with Crippen LogP contribution in [0.5, 0.6) is 0 Å². The molecule has 0 radical (unpaired) electrons. The van der Waals surface area contributed by atoms with E-state index in [1.165, 1.54) is 23.1 Å². The molecule has 0 heterocycles. The Morgan fingerprint density at radius 3 is 2.65 bits per heavy atom. The highest BCUT2D eigenvalue weighted by atomic mass is 14.5. The number of hydrogen-bond acceptors (Lipinski definition) is 1. The molecule has 0 aromatic carbocycles. The summed E-state index contributed by atoms with van der Waals surface area (Å²) >= 11 is 0. The van der Waals surface area contributed by atoms with Crippen LogP contribution in [0.15, 0.2) is 35.5 Å². The fourth-order valence-corrected chi connectivity index (χ4v) is 2.49. The van der Waals surface area contributed by atoms with Crippen LogP contribution < -0.4 is 5.73 Å². The fraction of sp³-hybridized carbons (Fsp3) is 0.625. The van der Waals surface area contributed by atoms with Gasteiger partial charge in [-0.2, -0.15) is 0 Å². The van der Waals surface area contributed by atoms with E-state index in [0.29, 0.717) is 11.3 Å². The van der Waals surface area contributed by atoms with Crippen LogP contribution in [0.2, 0.25) is 0 Å². The molecule has 1 atom stereocenters. The van der Waals surface area contributed by atoms with Gasteiger partial charge in [0.2, 0.25) is 0 Å². The average Bonchev–Trinajstić information content (AvgIpc) is 2.37. The van der Waals surface area contributed by atoms with E-state index in [1.54, 1.807) is 0 Å². The SMILES string of the molecule is C=C(CC(C)(C)C)C1=C(C)C(CN)CCC=C1. The Bertz CT molecular complexity index is 339. The molecular formula is C16H27N.